The summed E-state index contributed by atoms with van der Waals surface area (Å²) in [5.74, 6) is -17.1. The van der Waals surface area contributed by atoms with E-state index in [0.29, 0.717) is 0 Å². The maximum Gasteiger partial charge on any atom is 0.330 e. The second-order valence-electron chi connectivity index (χ2n) is 26.8. The molecule has 7 aliphatic rings. The van der Waals surface area contributed by atoms with Crippen LogP contribution in [0.5, 0.6) is 46.0 Å². The highest BCUT2D eigenvalue weighted by Gasteiger charge is 2.51. The zero-order chi connectivity index (χ0) is 73.5. The molecule has 5 aromatic rings. The monoisotopic (exact) mass is 1440 g/mol. The van der Waals surface area contributed by atoms with Crippen molar-refractivity contribution in [2.24, 2.45) is 29.2 Å². The van der Waals surface area contributed by atoms with E-state index in [-0.39, 0.29) is 73.7 Å². The van der Waals surface area contributed by atoms with Crippen LogP contribution >= 0.6 is 23.2 Å². The number of ketones is 2. The minimum Gasteiger partial charge on any atom is -0.508 e. The van der Waals surface area contributed by atoms with Gasteiger partial charge in [0.05, 0.1) is 58.9 Å². The highest BCUT2D eigenvalue weighted by Crippen LogP contribution is 2.51. The summed E-state index contributed by atoms with van der Waals surface area (Å²) in [6.07, 6.45) is -19.9. The normalized spacial score (nSPS) is 29.7. The number of primary amides is 1. The maximum absolute atomic E-state index is 15.7. The SMILES string of the molecule is C=C1CC2C(=O)C[C@H](C(=O)NC(C(=O)O)c3cc(O)cc(O)c3-c3cc2ccc3O)C(O)c2ccc(c(Cl)c2)Oc2cc3cc(c2OC2OC(CO)C(O)C(O)C2OC2CC(C)(N)C(O)C(C)O2)Oc2ccc(cc2Cl)C(O)C(NC(=O)C(CC(C)C)NC)C(=O)CC(CC(N)=O)C(=O)NC13. The van der Waals surface area contributed by atoms with Crippen LogP contribution in [0.25, 0.3) is 11.1 Å². The van der Waals surface area contributed by atoms with Crippen LogP contribution in [0.2, 0.25) is 10.0 Å². The van der Waals surface area contributed by atoms with E-state index in [0.717, 1.165) is 24.3 Å². The smallest absolute Gasteiger partial charge is 0.330 e. The second kappa shape index (κ2) is 30.6. The number of carboxylic acids is 1. The van der Waals surface area contributed by atoms with Crippen molar-refractivity contribution in [1.82, 2.24) is 21.3 Å². The van der Waals surface area contributed by atoms with Crippen molar-refractivity contribution in [3.05, 3.63) is 129 Å². The molecule has 0 spiro atoms. The quantitative estimate of drug-likeness (QED) is 0.0736. The van der Waals surface area contributed by atoms with Gasteiger partial charge in [-0.05, 0) is 122 Å². The molecule has 5 aromatic carbocycles. The van der Waals surface area contributed by atoms with Crippen molar-refractivity contribution in [3.8, 4) is 57.1 Å². The first-order chi connectivity index (χ1) is 47.7. The average Bonchev–Trinajstić information content (AvgIpc) is 0.771. The number of hydrogen-bond donors (Lipinski definition) is 16. The highest BCUT2D eigenvalue weighted by molar-refractivity contribution is 6.32. The Labute approximate surface area is 588 Å². The number of ether oxygens (including phenoxy) is 6. The van der Waals surface area contributed by atoms with E-state index in [1.807, 2.05) is 13.8 Å². The van der Waals surface area contributed by atoms with Gasteiger partial charge in [0, 0.05) is 59.9 Å². The third-order valence-electron chi connectivity index (χ3n) is 18.8. The average molecular weight is 1440 g/mol. The van der Waals surface area contributed by atoms with Crippen molar-refractivity contribution in [2.75, 3.05) is 13.7 Å². The lowest BCUT2D eigenvalue weighted by atomic mass is 9.79. The Morgan fingerprint density at radius 3 is 1.99 bits per heavy atom. The van der Waals surface area contributed by atoms with E-state index in [2.05, 4.69) is 27.8 Å². The molecule has 542 valence electrons. The minimum atomic E-state index is -2.15. The molecule has 2 fully saturated rings. The number of carboxylic acid groups (broad SMARTS) is 1. The Bertz CT molecular complexity index is 4060. The van der Waals surface area contributed by atoms with E-state index in [4.69, 9.17) is 63.1 Å². The highest BCUT2D eigenvalue weighted by atomic mass is 35.5. The van der Waals surface area contributed by atoms with Gasteiger partial charge in [-0.3, -0.25) is 28.8 Å². The van der Waals surface area contributed by atoms with Crippen molar-refractivity contribution in [1.29, 1.82) is 0 Å². The fraction of sp³-hybridized carbons (Fsp3) is 0.443. The van der Waals surface area contributed by atoms with E-state index in [9.17, 15) is 70.2 Å². The summed E-state index contributed by atoms with van der Waals surface area (Å²) in [6.45, 7) is 10.3. The number of carbonyl (C=O) groups is 7. The van der Waals surface area contributed by atoms with E-state index in [1.54, 1.807) is 0 Å². The van der Waals surface area contributed by atoms with Gasteiger partial charge in [0.1, 0.15) is 65.0 Å². The van der Waals surface area contributed by atoms with Gasteiger partial charge >= 0.3 is 5.97 Å². The molecule has 18 atom stereocenters. The number of aliphatic hydroxyl groups excluding tert-OH is 6. The Morgan fingerprint density at radius 2 is 1.41 bits per heavy atom. The molecule has 0 saturated carbocycles. The summed E-state index contributed by atoms with van der Waals surface area (Å²) in [7, 11) is 1.52. The summed E-state index contributed by atoms with van der Waals surface area (Å²) in [6, 6.07) is 8.73. The second-order valence-corrected chi connectivity index (χ2v) is 27.6. The number of rotatable bonds is 13. The first-order valence-corrected chi connectivity index (χ1v) is 33.2. The molecule has 0 radical (unpaired) electrons. The van der Waals surface area contributed by atoms with Crippen LogP contribution in [-0.4, -0.2) is 173 Å². The molecule has 0 aromatic heterocycles. The zero-order valence-corrected chi connectivity index (χ0v) is 56.8. The molecule has 0 aliphatic carbocycles. The third kappa shape index (κ3) is 16.1. The zero-order valence-electron chi connectivity index (χ0n) is 55.2. The van der Waals surface area contributed by atoms with Gasteiger partial charge < -0.3 is 112 Å². The van der Waals surface area contributed by atoms with Crippen LogP contribution in [-0.2, 0) is 47.8 Å². The Balaban J connectivity index is 1.24. The number of phenolic OH excluding ortho intramolecular Hbond substituents is 3. The molecule has 31 heteroatoms. The lowest BCUT2D eigenvalue weighted by molar-refractivity contribution is -0.333. The van der Waals surface area contributed by atoms with Gasteiger partial charge in [0.25, 0.3) is 0 Å². The van der Waals surface area contributed by atoms with Crippen LogP contribution < -0.4 is 46.9 Å². The molecule has 17 unspecified atom stereocenters. The first kappa shape index (κ1) is 75.1. The number of hydrogen-bond acceptors (Lipinski definition) is 24. The number of benzene rings is 5. The van der Waals surface area contributed by atoms with E-state index >= 15 is 14.4 Å². The molecule has 2 saturated heterocycles. The maximum atomic E-state index is 15.7. The van der Waals surface area contributed by atoms with Crippen LogP contribution in [0.3, 0.4) is 0 Å². The number of aliphatic hydroxyl groups is 6. The third-order valence-corrected chi connectivity index (χ3v) is 19.4. The van der Waals surface area contributed by atoms with Crippen molar-refractivity contribution in [3.63, 3.8) is 0 Å². The first-order valence-electron chi connectivity index (χ1n) is 32.4. The number of aromatic hydroxyl groups is 3. The number of Topliss-reactive ketones (excluding diaryl/α,β-unsaturated/α-hetero) is 2. The Kier molecular flexibility index (Phi) is 22.8. The fourth-order valence-electron chi connectivity index (χ4n) is 13.4. The van der Waals surface area contributed by atoms with Crippen LogP contribution in [0.1, 0.15) is 124 Å². The largest absolute Gasteiger partial charge is 0.508 e. The van der Waals surface area contributed by atoms with Gasteiger partial charge in [0.15, 0.2) is 35.7 Å². The lowest BCUT2D eigenvalue weighted by Crippen LogP contribution is -2.64. The molecule has 29 nitrogen and oxygen atoms in total. The number of phenols is 3. The number of likely N-dealkylation sites (N-methyl/N-ethyl adjacent to an activating group) is 1. The van der Waals surface area contributed by atoms with Crippen LogP contribution in [0.15, 0.2) is 91.0 Å². The molecule has 11 bridgehead atoms. The summed E-state index contributed by atoms with van der Waals surface area (Å²) >= 11 is 14.3. The number of fused-ring (bicyclic) bond motifs is 15. The molecule has 4 amide bonds. The topological polar surface area (TPSA) is 477 Å². The Hall–Kier alpha value is -8.53. The molecule has 101 heavy (non-hydrogen) atoms. The fourth-order valence-corrected chi connectivity index (χ4v) is 13.9. The molecular formula is C70H80Cl2N6O23. The van der Waals surface area contributed by atoms with Crippen molar-refractivity contribution in [2.45, 2.75) is 163 Å². The lowest BCUT2D eigenvalue weighted by Gasteiger charge is -2.47. The molecule has 18 N–H and O–H groups in total. The number of halogens is 2. The number of nitrogens with one attached hydrogen (secondary N) is 4. The van der Waals surface area contributed by atoms with Gasteiger partial charge in [-0.15, -0.1) is 0 Å². The number of carbonyl (C=O) groups excluding carboxylic acids is 6. The van der Waals surface area contributed by atoms with Crippen LogP contribution in [0.4, 0.5) is 0 Å². The summed E-state index contributed by atoms with van der Waals surface area (Å²) in [5.41, 5.74) is 9.35. The Morgan fingerprint density at radius 1 is 0.772 bits per heavy atom. The van der Waals surface area contributed by atoms with E-state index in [1.165, 1.54) is 75.5 Å². The predicted molar refractivity (Wildman–Crippen MR) is 357 cm³/mol. The van der Waals surface area contributed by atoms with Gasteiger partial charge in [-0.1, -0.05) is 61.8 Å². The minimum absolute atomic E-state index is 0.0118. The summed E-state index contributed by atoms with van der Waals surface area (Å²) in [4.78, 5) is 102. The van der Waals surface area contributed by atoms with Gasteiger partial charge in [-0.2, -0.15) is 0 Å². The summed E-state index contributed by atoms with van der Waals surface area (Å²) < 4.78 is 38.8. The molecule has 12 rings (SSSR count). The van der Waals surface area contributed by atoms with Crippen molar-refractivity contribution >= 4 is 64.4 Å². The predicted octanol–water partition coefficient (Wildman–Crippen LogP) is 4.16. The molecule has 7 aliphatic heterocycles. The van der Waals surface area contributed by atoms with Gasteiger partial charge in [-0.25, -0.2) is 4.79 Å². The number of nitrogens with two attached hydrogens (primary N) is 2. The number of aliphatic carboxylic acids is 1. The standard InChI is InChI=1S/C70H80Cl2N6O23/c1-27(2)13-42(75-6)67(93)78-57-46(84)18-34(21-52(73)85)65(91)76-55-28(3)14-36-30-7-10-43(81)37(15-30)54-38(22-35(80)23-45(54)83)56(68(94)95)77-66(92)39(24-44(36)82)58(86)31-8-11-47(40(71)16-31)97-49-19-33(55)20-50(98-48-12-9-32(59(57)87)17-41(48)72)62(49)101-69-63(61(89)60(88)51(26-79)99-69)100-53-25-70(5,74)64(90)29(4)96-53/h7-12,15-17,19-20,22-23,27,29,34,36,39,42,51,53,55-61,63-64,69,75,79-81,83,86-90H,3,13-14,18,21,24-26,74H2,1-2,4-6H3,(H2,73,85)(H,76,91)(H,77,92)(H,78,93)(H,94,95)/t29?,34?,36?,39-,42?,51?,53?,55?,56?,57?,58?,59?,60?,61?,63?,64?,69?,70?/m0/s1. The molecule has 7 heterocycles. The van der Waals surface area contributed by atoms with E-state index < -0.39 is 228 Å². The van der Waals surface area contributed by atoms with Gasteiger partial charge in [0.2, 0.25) is 35.7 Å². The number of amides is 4. The molecular weight excluding hydrogens is 1360 g/mol. The summed E-state index contributed by atoms with van der Waals surface area (Å²) in [5, 5.41) is 125. The van der Waals surface area contributed by atoms with Crippen LogP contribution in [0, 0.1) is 17.8 Å². The van der Waals surface area contributed by atoms with Crippen molar-refractivity contribution < 1.29 is 113 Å².